The Labute approximate surface area is 109 Å². The number of hydrogen-bond acceptors (Lipinski definition) is 3. The molecule has 0 saturated carbocycles. The number of carbonyl (C=O) groups excluding carboxylic acids is 1. The topological polar surface area (TPSA) is 50.4 Å². The van der Waals surface area contributed by atoms with Gasteiger partial charge in [-0.1, -0.05) is 12.1 Å². The molecule has 92 valence electrons. The van der Waals surface area contributed by atoms with Crippen LogP contribution in [0, 0.1) is 0 Å². The zero-order chi connectivity index (χ0) is 12.1. The summed E-state index contributed by atoms with van der Waals surface area (Å²) >= 11 is 3.39. The highest BCUT2D eigenvalue weighted by molar-refractivity contribution is 9.10. The van der Waals surface area contributed by atoms with Gasteiger partial charge in [0.2, 0.25) is 5.91 Å². The monoisotopic (exact) mass is 298 g/mol. The Bertz CT molecular complexity index is 392. The Morgan fingerprint density at radius 3 is 3.06 bits per heavy atom. The summed E-state index contributed by atoms with van der Waals surface area (Å²) in [5, 5.41) is 6.13. The van der Waals surface area contributed by atoms with Gasteiger partial charge in [0, 0.05) is 23.5 Å². The summed E-state index contributed by atoms with van der Waals surface area (Å²) in [6, 6.07) is 7.69. The number of nitrogens with one attached hydrogen (secondary N) is 2. The van der Waals surface area contributed by atoms with Crippen molar-refractivity contribution in [2.24, 2.45) is 0 Å². The van der Waals surface area contributed by atoms with E-state index >= 15 is 0 Å². The molecule has 1 aromatic rings. The predicted molar refractivity (Wildman–Crippen MR) is 70.0 cm³/mol. The van der Waals surface area contributed by atoms with Gasteiger partial charge in [-0.25, -0.2) is 0 Å². The van der Waals surface area contributed by atoms with Gasteiger partial charge in [-0.2, -0.15) is 0 Å². The van der Waals surface area contributed by atoms with E-state index in [2.05, 4.69) is 26.6 Å². The van der Waals surface area contributed by atoms with E-state index < -0.39 is 0 Å². The molecule has 1 aliphatic heterocycles. The van der Waals surface area contributed by atoms with Crippen molar-refractivity contribution in [1.82, 2.24) is 5.32 Å². The normalized spacial score (nSPS) is 19.9. The third-order valence-corrected chi connectivity index (χ3v) is 3.27. The number of anilines is 1. The number of para-hydroxylation sites is 1. The van der Waals surface area contributed by atoms with Crippen molar-refractivity contribution in [2.75, 3.05) is 25.1 Å². The smallest absolute Gasteiger partial charge is 0.226 e. The van der Waals surface area contributed by atoms with Crippen LogP contribution in [0.5, 0.6) is 0 Å². The molecule has 1 saturated heterocycles. The number of amides is 1. The van der Waals surface area contributed by atoms with E-state index in [0.29, 0.717) is 13.0 Å². The lowest BCUT2D eigenvalue weighted by molar-refractivity contribution is -0.117. The van der Waals surface area contributed by atoms with Gasteiger partial charge in [-0.05, 0) is 28.1 Å². The van der Waals surface area contributed by atoms with Crippen LogP contribution in [0.3, 0.4) is 0 Å². The zero-order valence-electron chi connectivity index (χ0n) is 9.41. The SMILES string of the molecule is O=C(CC1COCCN1)Nc1ccccc1Br. The lowest BCUT2D eigenvalue weighted by Gasteiger charge is -2.23. The summed E-state index contributed by atoms with van der Waals surface area (Å²) in [4.78, 5) is 11.8. The van der Waals surface area contributed by atoms with E-state index in [4.69, 9.17) is 4.74 Å². The van der Waals surface area contributed by atoms with Gasteiger partial charge >= 0.3 is 0 Å². The van der Waals surface area contributed by atoms with Crippen LogP contribution >= 0.6 is 15.9 Å². The van der Waals surface area contributed by atoms with E-state index in [1.165, 1.54) is 0 Å². The fraction of sp³-hybridized carbons (Fsp3) is 0.417. The number of carbonyl (C=O) groups is 1. The first-order chi connectivity index (χ1) is 8.25. The highest BCUT2D eigenvalue weighted by atomic mass is 79.9. The third-order valence-electron chi connectivity index (χ3n) is 2.58. The molecular formula is C12H15BrN2O2. The first-order valence-corrected chi connectivity index (χ1v) is 6.40. The summed E-state index contributed by atoms with van der Waals surface area (Å²) in [5.41, 5.74) is 0.800. The molecule has 4 nitrogen and oxygen atoms in total. The molecular weight excluding hydrogens is 284 g/mol. The van der Waals surface area contributed by atoms with E-state index in [0.717, 1.165) is 23.3 Å². The van der Waals surface area contributed by atoms with Gasteiger partial charge in [-0.3, -0.25) is 4.79 Å². The average Bonchev–Trinajstić information content (AvgIpc) is 2.33. The van der Waals surface area contributed by atoms with Crippen LogP contribution in [0.2, 0.25) is 0 Å². The first kappa shape index (κ1) is 12.5. The maximum absolute atomic E-state index is 11.8. The predicted octanol–water partition coefficient (Wildman–Crippen LogP) is 1.77. The summed E-state index contributed by atoms with van der Waals surface area (Å²) in [6.07, 6.45) is 0.432. The van der Waals surface area contributed by atoms with Crippen LogP contribution in [0.25, 0.3) is 0 Å². The standard InChI is InChI=1S/C12H15BrN2O2/c13-10-3-1-2-4-11(10)15-12(16)7-9-8-17-6-5-14-9/h1-4,9,14H,5-8H2,(H,15,16). The van der Waals surface area contributed by atoms with Crippen molar-refractivity contribution >= 4 is 27.5 Å². The number of benzene rings is 1. The summed E-state index contributed by atoms with van der Waals surface area (Å²) in [5.74, 6) is -0.0000926. The second kappa shape index (κ2) is 6.14. The van der Waals surface area contributed by atoms with Gasteiger partial charge in [0.1, 0.15) is 0 Å². The zero-order valence-corrected chi connectivity index (χ0v) is 11.0. The first-order valence-electron chi connectivity index (χ1n) is 5.61. The highest BCUT2D eigenvalue weighted by Gasteiger charge is 2.17. The van der Waals surface area contributed by atoms with Crippen molar-refractivity contribution in [3.8, 4) is 0 Å². The molecule has 0 spiro atoms. The molecule has 1 fully saturated rings. The van der Waals surface area contributed by atoms with Crippen molar-refractivity contribution in [2.45, 2.75) is 12.5 Å². The Hall–Kier alpha value is -0.910. The highest BCUT2D eigenvalue weighted by Crippen LogP contribution is 2.21. The van der Waals surface area contributed by atoms with Crippen molar-refractivity contribution in [3.63, 3.8) is 0 Å². The number of halogens is 1. The second-order valence-electron chi connectivity index (χ2n) is 3.96. The lowest BCUT2D eigenvalue weighted by atomic mass is 10.2. The molecule has 0 bridgehead atoms. The van der Waals surface area contributed by atoms with Gasteiger partial charge in [0.05, 0.1) is 18.9 Å². The summed E-state index contributed by atoms with van der Waals surface area (Å²) in [6.45, 7) is 2.14. The van der Waals surface area contributed by atoms with Gasteiger partial charge in [0.15, 0.2) is 0 Å². The van der Waals surface area contributed by atoms with Crippen LogP contribution < -0.4 is 10.6 Å². The van der Waals surface area contributed by atoms with Crippen LogP contribution in [-0.4, -0.2) is 31.7 Å². The van der Waals surface area contributed by atoms with E-state index in [-0.39, 0.29) is 11.9 Å². The molecule has 2 rings (SSSR count). The molecule has 0 aliphatic carbocycles. The fourth-order valence-electron chi connectivity index (χ4n) is 1.74. The van der Waals surface area contributed by atoms with Crippen LogP contribution in [-0.2, 0) is 9.53 Å². The Morgan fingerprint density at radius 1 is 1.53 bits per heavy atom. The minimum Gasteiger partial charge on any atom is -0.378 e. The second-order valence-corrected chi connectivity index (χ2v) is 4.81. The quantitative estimate of drug-likeness (QED) is 0.894. The molecule has 1 aliphatic rings. The van der Waals surface area contributed by atoms with Gasteiger partial charge in [-0.15, -0.1) is 0 Å². The van der Waals surface area contributed by atoms with Gasteiger partial charge in [0.25, 0.3) is 0 Å². The maximum atomic E-state index is 11.8. The minimum absolute atomic E-state index is 0.0000926. The van der Waals surface area contributed by atoms with Crippen molar-refractivity contribution in [3.05, 3.63) is 28.7 Å². The molecule has 0 aromatic heterocycles. The molecule has 0 radical (unpaired) electrons. The molecule has 2 N–H and O–H groups in total. The molecule has 1 amide bonds. The molecule has 17 heavy (non-hydrogen) atoms. The molecule has 1 heterocycles. The minimum atomic E-state index is -0.0000926. The molecule has 1 aromatic carbocycles. The van der Waals surface area contributed by atoms with Gasteiger partial charge < -0.3 is 15.4 Å². The Kier molecular flexibility index (Phi) is 4.53. The molecule has 1 unspecified atom stereocenters. The maximum Gasteiger partial charge on any atom is 0.226 e. The number of morpholine rings is 1. The average molecular weight is 299 g/mol. The summed E-state index contributed by atoms with van der Waals surface area (Å²) in [7, 11) is 0. The number of ether oxygens (including phenoxy) is 1. The Balaban J connectivity index is 1.86. The van der Waals surface area contributed by atoms with Crippen molar-refractivity contribution in [1.29, 1.82) is 0 Å². The van der Waals surface area contributed by atoms with Crippen LogP contribution in [0.4, 0.5) is 5.69 Å². The number of rotatable bonds is 3. The van der Waals surface area contributed by atoms with Crippen molar-refractivity contribution < 1.29 is 9.53 Å². The number of hydrogen-bond donors (Lipinski definition) is 2. The van der Waals surface area contributed by atoms with Crippen LogP contribution in [0.15, 0.2) is 28.7 Å². The molecule has 5 heteroatoms. The van der Waals surface area contributed by atoms with E-state index in [1.54, 1.807) is 0 Å². The van der Waals surface area contributed by atoms with E-state index in [9.17, 15) is 4.79 Å². The lowest BCUT2D eigenvalue weighted by Crippen LogP contribution is -2.43. The third kappa shape index (κ3) is 3.80. The largest absolute Gasteiger partial charge is 0.378 e. The Morgan fingerprint density at radius 2 is 2.35 bits per heavy atom. The fourth-order valence-corrected chi connectivity index (χ4v) is 2.12. The van der Waals surface area contributed by atoms with Crippen LogP contribution in [0.1, 0.15) is 6.42 Å². The summed E-state index contributed by atoms with van der Waals surface area (Å²) < 4.78 is 6.20. The molecule has 1 atom stereocenters. The van der Waals surface area contributed by atoms with E-state index in [1.807, 2.05) is 24.3 Å².